The van der Waals surface area contributed by atoms with Crippen LogP contribution in [0.25, 0.3) is 5.76 Å². The number of nitrogens with zero attached hydrogens (tertiary/aromatic N) is 3. The van der Waals surface area contributed by atoms with Crippen molar-refractivity contribution in [3.8, 4) is 17.2 Å². The SMILES string of the molecule is C=CCOc1ccc(C2/C(=C(\O)c3ccc(OCCCC)cc3)C(=O)C(=O)N2c2nnc(SCc3ccc(F)cc3)s2)cc1OC. The second kappa shape index (κ2) is 15.1. The lowest BCUT2D eigenvalue weighted by Gasteiger charge is -2.23. The second-order valence-corrected chi connectivity index (χ2v) is 12.3. The number of ether oxygens (including phenoxy) is 3. The highest BCUT2D eigenvalue weighted by Gasteiger charge is 2.48. The molecule has 1 aromatic heterocycles. The molecule has 1 saturated heterocycles. The summed E-state index contributed by atoms with van der Waals surface area (Å²) in [6, 6.07) is 16.8. The van der Waals surface area contributed by atoms with E-state index in [0.29, 0.717) is 45.1 Å². The van der Waals surface area contributed by atoms with Gasteiger partial charge < -0.3 is 19.3 Å². The van der Waals surface area contributed by atoms with Crippen LogP contribution in [0.5, 0.6) is 17.2 Å². The van der Waals surface area contributed by atoms with Crippen molar-refractivity contribution in [2.45, 2.75) is 35.9 Å². The van der Waals surface area contributed by atoms with Gasteiger partial charge in [-0.2, -0.15) is 0 Å². The first-order valence-electron chi connectivity index (χ1n) is 14.5. The molecule has 1 aliphatic rings. The number of methoxy groups -OCH3 is 1. The van der Waals surface area contributed by atoms with Crippen LogP contribution in [0.3, 0.4) is 0 Å². The van der Waals surface area contributed by atoms with E-state index in [1.165, 1.54) is 35.9 Å². The predicted octanol–water partition coefficient (Wildman–Crippen LogP) is 7.35. The molecular weight excluding hydrogens is 630 g/mol. The normalized spacial score (nSPS) is 15.6. The minimum absolute atomic E-state index is 0.109. The van der Waals surface area contributed by atoms with Gasteiger partial charge in [0.25, 0.3) is 5.78 Å². The summed E-state index contributed by atoms with van der Waals surface area (Å²) in [4.78, 5) is 28.6. The Kier molecular flexibility index (Phi) is 10.7. The van der Waals surface area contributed by atoms with E-state index < -0.39 is 17.7 Å². The fourth-order valence-corrected chi connectivity index (χ4v) is 6.57. The number of Topliss-reactive ketones (excluding diaryl/α,β-unsaturated/α-hetero) is 1. The second-order valence-electron chi connectivity index (χ2n) is 10.2. The van der Waals surface area contributed by atoms with Crippen LogP contribution in [0, 0.1) is 5.82 Å². The van der Waals surface area contributed by atoms with Crippen molar-refractivity contribution in [2.75, 3.05) is 25.2 Å². The van der Waals surface area contributed by atoms with Gasteiger partial charge in [0, 0.05) is 11.3 Å². The van der Waals surface area contributed by atoms with Crippen LogP contribution in [-0.2, 0) is 15.3 Å². The van der Waals surface area contributed by atoms with Crippen molar-refractivity contribution in [3.05, 3.63) is 107 Å². The van der Waals surface area contributed by atoms with Crippen LogP contribution in [0.1, 0.15) is 42.5 Å². The molecule has 2 heterocycles. The number of carbonyl (C=O) groups excluding carboxylic acids is 2. The topological polar surface area (TPSA) is 111 Å². The molecule has 0 radical (unpaired) electrons. The van der Waals surface area contributed by atoms with E-state index in [-0.39, 0.29) is 28.9 Å². The van der Waals surface area contributed by atoms with Crippen LogP contribution in [0.4, 0.5) is 9.52 Å². The molecule has 9 nitrogen and oxygen atoms in total. The summed E-state index contributed by atoms with van der Waals surface area (Å²) in [6.07, 6.45) is 3.50. The van der Waals surface area contributed by atoms with Crippen molar-refractivity contribution < 1.29 is 33.3 Å². The number of anilines is 1. The van der Waals surface area contributed by atoms with Crippen molar-refractivity contribution in [3.63, 3.8) is 0 Å². The molecule has 1 N–H and O–H groups in total. The van der Waals surface area contributed by atoms with Gasteiger partial charge in [-0.15, -0.1) is 10.2 Å². The monoisotopic (exact) mass is 661 g/mol. The van der Waals surface area contributed by atoms with Gasteiger partial charge in [-0.25, -0.2) is 4.39 Å². The molecule has 0 saturated carbocycles. The number of ketones is 1. The van der Waals surface area contributed by atoms with E-state index in [4.69, 9.17) is 14.2 Å². The molecule has 0 spiro atoms. The Morgan fingerprint density at radius 2 is 1.83 bits per heavy atom. The van der Waals surface area contributed by atoms with Crippen LogP contribution >= 0.6 is 23.1 Å². The Hall–Kier alpha value is -4.68. The molecule has 0 aliphatic carbocycles. The zero-order valence-electron chi connectivity index (χ0n) is 25.3. The van der Waals surface area contributed by atoms with Crippen molar-refractivity contribution in [1.82, 2.24) is 10.2 Å². The lowest BCUT2D eigenvalue weighted by molar-refractivity contribution is -0.132. The lowest BCUT2D eigenvalue weighted by Crippen LogP contribution is -2.29. The molecule has 1 amide bonds. The molecule has 238 valence electrons. The zero-order valence-corrected chi connectivity index (χ0v) is 26.9. The number of hydrogen-bond donors (Lipinski definition) is 1. The molecule has 3 aromatic carbocycles. The van der Waals surface area contributed by atoms with E-state index in [9.17, 15) is 19.1 Å². The van der Waals surface area contributed by atoms with E-state index in [1.807, 2.05) is 0 Å². The Labute approximate surface area is 274 Å². The van der Waals surface area contributed by atoms with Gasteiger partial charge in [-0.05, 0) is 66.1 Å². The lowest BCUT2D eigenvalue weighted by atomic mass is 9.95. The number of carbonyl (C=O) groups is 2. The number of benzene rings is 3. The van der Waals surface area contributed by atoms with Gasteiger partial charge in [-0.1, -0.05) is 67.3 Å². The first-order chi connectivity index (χ1) is 22.3. The molecule has 1 unspecified atom stereocenters. The van der Waals surface area contributed by atoms with Crippen LogP contribution in [0.2, 0.25) is 0 Å². The van der Waals surface area contributed by atoms with E-state index >= 15 is 0 Å². The minimum Gasteiger partial charge on any atom is -0.507 e. The number of halogens is 1. The van der Waals surface area contributed by atoms with Gasteiger partial charge in [0.05, 0.1) is 25.3 Å². The third-order valence-electron chi connectivity index (χ3n) is 7.08. The van der Waals surface area contributed by atoms with Crippen LogP contribution in [0.15, 0.2) is 89.3 Å². The molecular formula is C34H32FN3O6S2. The van der Waals surface area contributed by atoms with Gasteiger partial charge in [-0.3, -0.25) is 14.5 Å². The highest BCUT2D eigenvalue weighted by Crippen LogP contribution is 2.45. The number of aliphatic hydroxyl groups excluding tert-OH is 1. The number of aromatic nitrogens is 2. The summed E-state index contributed by atoms with van der Waals surface area (Å²) < 4.78 is 30.9. The summed E-state index contributed by atoms with van der Waals surface area (Å²) in [5, 5.41) is 20.2. The smallest absolute Gasteiger partial charge is 0.301 e. The van der Waals surface area contributed by atoms with Crippen LogP contribution in [-0.4, -0.2) is 47.3 Å². The Morgan fingerprint density at radius 1 is 1.07 bits per heavy atom. The van der Waals surface area contributed by atoms with Gasteiger partial charge in [0.1, 0.15) is 23.9 Å². The molecule has 4 aromatic rings. The summed E-state index contributed by atoms with van der Waals surface area (Å²) in [5.41, 5.74) is 1.61. The summed E-state index contributed by atoms with van der Waals surface area (Å²) in [6.45, 7) is 6.55. The van der Waals surface area contributed by atoms with E-state index in [1.54, 1.807) is 60.7 Å². The molecule has 1 atom stereocenters. The maximum Gasteiger partial charge on any atom is 0.301 e. The average Bonchev–Trinajstić information content (AvgIpc) is 3.65. The summed E-state index contributed by atoms with van der Waals surface area (Å²) in [7, 11) is 1.48. The molecule has 1 aliphatic heterocycles. The third-order valence-corrected chi connectivity index (χ3v) is 9.20. The highest BCUT2D eigenvalue weighted by molar-refractivity contribution is 8.00. The molecule has 1 fully saturated rings. The minimum atomic E-state index is -1.05. The Bertz CT molecular complexity index is 1740. The van der Waals surface area contributed by atoms with Gasteiger partial charge in [0.2, 0.25) is 5.13 Å². The quantitative estimate of drug-likeness (QED) is 0.0282. The number of amides is 1. The van der Waals surface area contributed by atoms with E-state index in [0.717, 1.165) is 29.7 Å². The number of thioether (sulfide) groups is 1. The van der Waals surface area contributed by atoms with Crippen molar-refractivity contribution in [1.29, 1.82) is 0 Å². The largest absolute Gasteiger partial charge is 0.507 e. The fourth-order valence-electron chi connectivity index (χ4n) is 4.75. The zero-order chi connectivity index (χ0) is 32.6. The first kappa shape index (κ1) is 32.7. The average molecular weight is 662 g/mol. The Morgan fingerprint density at radius 3 is 2.52 bits per heavy atom. The molecule has 0 bridgehead atoms. The van der Waals surface area contributed by atoms with Crippen LogP contribution < -0.4 is 19.1 Å². The molecule has 12 heteroatoms. The third kappa shape index (κ3) is 7.24. The maximum absolute atomic E-state index is 13.7. The van der Waals surface area contributed by atoms with Crippen molar-refractivity contribution in [2.24, 2.45) is 0 Å². The number of rotatable bonds is 14. The highest BCUT2D eigenvalue weighted by atomic mass is 32.2. The number of hydrogen-bond acceptors (Lipinski definition) is 10. The standard InChI is InChI=1S/C34H32FN3O6S2/c1-4-6-18-43-25-14-9-22(10-15-25)30(39)28-29(23-11-16-26(44-17-5-2)27(19-23)42-3)38(32(41)31(28)40)33-36-37-34(46-33)45-20-21-7-12-24(35)13-8-21/h5,7-16,19,29,39H,2,4,6,17-18,20H2,1,3H3/b30-28+. The first-order valence-corrected chi connectivity index (χ1v) is 16.3. The maximum atomic E-state index is 13.7. The summed E-state index contributed by atoms with van der Waals surface area (Å²) >= 11 is 2.50. The molecule has 5 rings (SSSR count). The summed E-state index contributed by atoms with van der Waals surface area (Å²) in [5.74, 6) is -0.457. The Balaban J connectivity index is 1.53. The van der Waals surface area contributed by atoms with Gasteiger partial charge >= 0.3 is 5.91 Å². The van der Waals surface area contributed by atoms with Crippen molar-refractivity contribution >= 4 is 45.7 Å². The number of unbranched alkanes of at least 4 members (excludes halogenated alkanes) is 1. The predicted molar refractivity (Wildman–Crippen MR) is 176 cm³/mol. The van der Waals surface area contributed by atoms with E-state index in [2.05, 4.69) is 23.7 Å². The van der Waals surface area contributed by atoms with Gasteiger partial charge in [0.15, 0.2) is 15.8 Å². The molecule has 46 heavy (non-hydrogen) atoms. The fraction of sp³-hybridized carbons (Fsp3) is 0.235. The number of aliphatic hydroxyl groups is 1.